The number of ether oxygens (including phenoxy) is 1. The monoisotopic (exact) mass is 398 g/mol. The third-order valence-corrected chi connectivity index (χ3v) is 4.42. The topological polar surface area (TPSA) is 76.4 Å². The predicted octanol–water partition coefficient (Wildman–Crippen LogP) is 1.39. The third kappa shape index (κ3) is 5.73. The van der Waals surface area contributed by atoms with Gasteiger partial charge in [0.1, 0.15) is 12.9 Å². The molecule has 152 valence electrons. The van der Waals surface area contributed by atoms with Gasteiger partial charge in [0.15, 0.2) is 0 Å². The second-order valence-corrected chi connectivity index (χ2v) is 6.46. The van der Waals surface area contributed by atoms with Crippen LogP contribution in [0.25, 0.3) is 5.69 Å². The largest absolute Gasteiger partial charge is 0.411 e. The highest BCUT2D eigenvalue weighted by Gasteiger charge is 2.27. The Labute approximate surface area is 159 Å². The smallest absolute Gasteiger partial charge is 0.372 e. The normalized spacial score (nSPS) is 15.8. The van der Waals surface area contributed by atoms with E-state index in [1.54, 1.807) is 29.2 Å². The molecule has 8 nitrogen and oxygen atoms in total. The number of alkyl halides is 3. The Bertz CT molecular complexity index is 743. The van der Waals surface area contributed by atoms with Crippen molar-refractivity contribution in [1.29, 1.82) is 0 Å². The Morgan fingerprint density at radius 2 is 1.82 bits per heavy atom. The molecule has 2 aromatic rings. The van der Waals surface area contributed by atoms with Crippen LogP contribution in [0.4, 0.5) is 13.2 Å². The maximum Gasteiger partial charge on any atom is 0.411 e. The van der Waals surface area contributed by atoms with Crippen LogP contribution in [-0.2, 0) is 4.74 Å². The molecule has 1 amide bonds. The molecule has 1 aliphatic rings. The van der Waals surface area contributed by atoms with E-state index < -0.39 is 12.8 Å². The van der Waals surface area contributed by atoms with Gasteiger partial charge in [0, 0.05) is 44.9 Å². The van der Waals surface area contributed by atoms with Crippen LogP contribution in [0.15, 0.2) is 30.6 Å². The van der Waals surface area contributed by atoms with Gasteiger partial charge in [-0.3, -0.25) is 9.69 Å². The van der Waals surface area contributed by atoms with E-state index in [0.717, 1.165) is 5.69 Å². The second-order valence-electron chi connectivity index (χ2n) is 6.46. The number of benzene rings is 1. The van der Waals surface area contributed by atoms with E-state index >= 15 is 0 Å². The van der Waals surface area contributed by atoms with Crippen LogP contribution in [0.2, 0.25) is 0 Å². The molecule has 0 radical (unpaired) electrons. The zero-order valence-electron chi connectivity index (χ0n) is 15.2. The minimum atomic E-state index is -4.28. The zero-order valence-corrected chi connectivity index (χ0v) is 15.2. The number of amides is 1. The molecular weight excluding hydrogens is 377 g/mol. The minimum absolute atomic E-state index is 0.0450. The number of hydrogen-bond acceptors (Lipinski definition) is 6. The van der Waals surface area contributed by atoms with Crippen LogP contribution in [0.3, 0.4) is 0 Å². The van der Waals surface area contributed by atoms with E-state index in [9.17, 15) is 18.0 Å². The molecular formula is C17H21F3N6O2. The summed E-state index contributed by atoms with van der Waals surface area (Å²) in [5, 5.41) is 10.9. The van der Waals surface area contributed by atoms with Crippen LogP contribution in [0.5, 0.6) is 0 Å². The van der Waals surface area contributed by atoms with Crippen molar-refractivity contribution in [3.8, 4) is 5.69 Å². The van der Waals surface area contributed by atoms with Gasteiger partial charge in [0.05, 0.1) is 5.69 Å². The average molecular weight is 398 g/mol. The number of piperazine rings is 1. The van der Waals surface area contributed by atoms with Crippen molar-refractivity contribution in [2.24, 2.45) is 0 Å². The summed E-state index contributed by atoms with van der Waals surface area (Å²) in [6.45, 7) is 2.06. The molecule has 3 rings (SSSR count). The van der Waals surface area contributed by atoms with Gasteiger partial charge in [-0.25, -0.2) is 4.68 Å². The average Bonchev–Trinajstić information content (AvgIpc) is 3.22. The first-order chi connectivity index (χ1) is 13.4. The lowest BCUT2D eigenvalue weighted by Crippen LogP contribution is -2.49. The third-order valence-electron chi connectivity index (χ3n) is 4.42. The van der Waals surface area contributed by atoms with Gasteiger partial charge in [-0.1, -0.05) is 0 Å². The summed E-state index contributed by atoms with van der Waals surface area (Å²) in [4.78, 5) is 16.5. The van der Waals surface area contributed by atoms with E-state index in [4.69, 9.17) is 0 Å². The number of nitrogens with zero attached hydrogens (tertiary/aromatic N) is 6. The summed E-state index contributed by atoms with van der Waals surface area (Å²) in [6.07, 6.45) is -2.27. The maximum absolute atomic E-state index is 12.6. The molecule has 1 fully saturated rings. The molecule has 0 unspecified atom stereocenters. The van der Waals surface area contributed by atoms with Gasteiger partial charge < -0.3 is 9.64 Å². The molecule has 0 aliphatic carbocycles. The van der Waals surface area contributed by atoms with E-state index in [1.807, 2.05) is 0 Å². The Morgan fingerprint density at radius 3 is 2.43 bits per heavy atom. The zero-order chi connectivity index (χ0) is 20.0. The first-order valence-electron chi connectivity index (χ1n) is 8.92. The molecule has 0 atom stereocenters. The summed E-state index contributed by atoms with van der Waals surface area (Å²) < 4.78 is 42.1. The summed E-state index contributed by atoms with van der Waals surface area (Å²) in [6, 6.07) is 7.04. The van der Waals surface area contributed by atoms with Crippen LogP contribution in [0, 0.1) is 0 Å². The lowest BCUT2D eigenvalue weighted by molar-refractivity contribution is -0.174. The molecule has 0 saturated carbocycles. The van der Waals surface area contributed by atoms with Crippen molar-refractivity contribution in [1.82, 2.24) is 30.0 Å². The number of tetrazole rings is 1. The van der Waals surface area contributed by atoms with Gasteiger partial charge in [-0.05, 0) is 41.1 Å². The van der Waals surface area contributed by atoms with Crippen molar-refractivity contribution in [3.05, 3.63) is 36.2 Å². The lowest BCUT2D eigenvalue weighted by atomic mass is 10.1. The quantitative estimate of drug-likeness (QED) is 0.656. The summed E-state index contributed by atoms with van der Waals surface area (Å²) in [7, 11) is 0. The molecule has 2 heterocycles. The van der Waals surface area contributed by atoms with Gasteiger partial charge in [0.2, 0.25) is 0 Å². The van der Waals surface area contributed by atoms with Gasteiger partial charge >= 0.3 is 6.18 Å². The number of rotatable bonds is 7. The van der Waals surface area contributed by atoms with Crippen molar-refractivity contribution < 1.29 is 22.7 Å². The fourth-order valence-electron chi connectivity index (χ4n) is 2.97. The van der Waals surface area contributed by atoms with Crippen molar-refractivity contribution in [2.75, 3.05) is 45.9 Å². The second kappa shape index (κ2) is 9.11. The highest BCUT2D eigenvalue weighted by Crippen LogP contribution is 2.15. The first kappa shape index (κ1) is 20.2. The van der Waals surface area contributed by atoms with Crippen LogP contribution >= 0.6 is 0 Å². The van der Waals surface area contributed by atoms with Crippen molar-refractivity contribution in [2.45, 2.75) is 12.6 Å². The molecule has 0 N–H and O–H groups in total. The van der Waals surface area contributed by atoms with E-state index in [0.29, 0.717) is 44.7 Å². The Morgan fingerprint density at radius 1 is 1.11 bits per heavy atom. The minimum Gasteiger partial charge on any atom is -0.372 e. The number of carbonyl (C=O) groups excluding carboxylic acids is 1. The summed E-state index contributed by atoms with van der Waals surface area (Å²) in [5.41, 5.74) is 1.35. The van der Waals surface area contributed by atoms with Crippen LogP contribution in [0.1, 0.15) is 16.8 Å². The van der Waals surface area contributed by atoms with Gasteiger partial charge in [0.25, 0.3) is 5.91 Å². The molecule has 11 heteroatoms. The maximum atomic E-state index is 12.6. The van der Waals surface area contributed by atoms with Crippen molar-refractivity contribution in [3.63, 3.8) is 0 Å². The van der Waals surface area contributed by atoms with E-state index in [-0.39, 0.29) is 12.5 Å². The van der Waals surface area contributed by atoms with Crippen molar-refractivity contribution >= 4 is 5.91 Å². The molecule has 0 spiro atoms. The molecule has 1 aliphatic heterocycles. The van der Waals surface area contributed by atoms with E-state index in [2.05, 4.69) is 25.2 Å². The van der Waals surface area contributed by atoms with Gasteiger partial charge in [-0.15, -0.1) is 5.10 Å². The van der Waals surface area contributed by atoms with Gasteiger partial charge in [-0.2, -0.15) is 13.2 Å². The standard InChI is InChI=1S/C17H21F3N6O2/c18-17(19,20)12-28-11-1-6-24-7-9-25(10-8-24)16(27)14-2-4-15(5-3-14)26-13-21-22-23-26/h2-5,13H,1,6-12H2. The predicted molar refractivity (Wildman–Crippen MR) is 93.0 cm³/mol. The summed E-state index contributed by atoms with van der Waals surface area (Å²) >= 11 is 0. The lowest BCUT2D eigenvalue weighted by Gasteiger charge is -2.34. The number of aromatic nitrogens is 4. The highest BCUT2D eigenvalue weighted by molar-refractivity contribution is 5.94. The number of halogens is 3. The van der Waals surface area contributed by atoms with Crippen LogP contribution in [-0.4, -0.2) is 88.0 Å². The highest BCUT2D eigenvalue weighted by atomic mass is 19.4. The Balaban J connectivity index is 1.40. The Kier molecular flexibility index (Phi) is 6.57. The number of carbonyl (C=O) groups is 1. The van der Waals surface area contributed by atoms with Crippen LogP contribution < -0.4 is 0 Å². The SMILES string of the molecule is O=C(c1ccc(-n2cnnn2)cc1)N1CCN(CCCOCC(F)(F)F)CC1. The van der Waals surface area contributed by atoms with E-state index in [1.165, 1.54) is 11.0 Å². The molecule has 0 bridgehead atoms. The Hall–Kier alpha value is -2.53. The number of hydrogen-bond donors (Lipinski definition) is 0. The fraction of sp³-hybridized carbons (Fsp3) is 0.529. The first-order valence-corrected chi connectivity index (χ1v) is 8.92. The molecule has 1 aromatic carbocycles. The fourth-order valence-corrected chi connectivity index (χ4v) is 2.97. The molecule has 28 heavy (non-hydrogen) atoms. The molecule has 1 saturated heterocycles. The summed E-state index contributed by atoms with van der Waals surface area (Å²) in [5.74, 6) is -0.0450. The molecule has 1 aromatic heterocycles.